The van der Waals surface area contributed by atoms with Gasteiger partial charge in [0.15, 0.2) is 0 Å². The first-order valence-electron chi connectivity index (χ1n) is 3.87. The molecule has 0 aromatic rings. The highest BCUT2D eigenvalue weighted by molar-refractivity contribution is 5.80. The standard InChI is InChI=1S/C9H14O/c1-7-4-3-5-9(6-7)8(2)10/h3,5,7,9H,4,6H2,1-2H3. The third kappa shape index (κ3) is 1.69. The second kappa shape index (κ2) is 3.00. The Labute approximate surface area is 62.1 Å². The summed E-state index contributed by atoms with van der Waals surface area (Å²) >= 11 is 0. The van der Waals surface area contributed by atoms with Crippen LogP contribution in [0.2, 0.25) is 0 Å². The van der Waals surface area contributed by atoms with Crippen LogP contribution in [-0.4, -0.2) is 5.78 Å². The fraction of sp³-hybridized carbons (Fsp3) is 0.667. The molecule has 2 unspecified atom stereocenters. The van der Waals surface area contributed by atoms with E-state index in [0.717, 1.165) is 12.8 Å². The summed E-state index contributed by atoms with van der Waals surface area (Å²) in [6.45, 7) is 3.87. The zero-order chi connectivity index (χ0) is 7.56. The third-order valence-electron chi connectivity index (χ3n) is 2.09. The van der Waals surface area contributed by atoms with E-state index in [1.807, 2.05) is 6.08 Å². The molecule has 0 aromatic heterocycles. The van der Waals surface area contributed by atoms with Gasteiger partial charge in [0.1, 0.15) is 5.78 Å². The molecule has 1 rings (SSSR count). The molecule has 1 heteroatoms. The number of carbonyl (C=O) groups excluding carboxylic acids is 1. The minimum absolute atomic E-state index is 0.212. The Balaban J connectivity index is 2.55. The molecule has 0 bridgehead atoms. The van der Waals surface area contributed by atoms with Crippen LogP contribution in [0.15, 0.2) is 12.2 Å². The largest absolute Gasteiger partial charge is 0.299 e. The lowest BCUT2D eigenvalue weighted by atomic mass is 9.86. The summed E-state index contributed by atoms with van der Waals surface area (Å²) < 4.78 is 0. The van der Waals surface area contributed by atoms with Crippen LogP contribution in [0.4, 0.5) is 0 Å². The molecule has 0 fully saturated rings. The number of Topliss-reactive ketones (excluding diaryl/α,β-unsaturated/α-hetero) is 1. The quantitative estimate of drug-likeness (QED) is 0.507. The number of rotatable bonds is 1. The molecule has 1 aliphatic carbocycles. The molecule has 56 valence electrons. The summed E-state index contributed by atoms with van der Waals surface area (Å²) in [5.41, 5.74) is 0. The first kappa shape index (κ1) is 7.52. The van der Waals surface area contributed by atoms with Gasteiger partial charge in [-0.25, -0.2) is 0 Å². The highest BCUT2D eigenvalue weighted by Crippen LogP contribution is 2.22. The summed E-state index contributed by atoms with van der Waals surface area (Å²) in [6.07, 6.45) is 6.36. The van der Waals surface area contributed by atoms with Crippen molar-refractivity contribution in [3.8, 4) is 0 Å². The lowest BCUT2D eigenvalue weighted by Gasteiger charge is -2.18. The van der Waals surface area contributed by atoms with E-state index in [4.69, 9.17) is 0 Å². The molecule has 0 saturated carbocycles. The number of hydrogen-bond donors (Lipinski definition) is 0. The summed E-state index contributed by atoms with van der Waals surface area (Å²) in [4.78, 5) is 10.9. The SMILES string of the molecule is CC(=O)C1C=CCC(C)C1. The first-order valence-corrected chi connectivity index (χ1v) is 3.87. The van der Waals surface area contributed by atoms with Gasteiger partial charge in [-0.3, -0.25) is 4.79 Å². The lowest BCUT2D eigenvalue weighted by Crippen LogP contribution is -2.15. The van der Waals surface area contributed by atoms with Crippen LogP contribution in [0.25, 0.3) is 0 Å². The predicted molar refractivity (Wildman–Crippen MR) is 41.7 cm³/mol. The van der Waals surface area contributed by atoms with Gasteiger partial charge in [-0.15, -0.1) is 0 Å². The van der Waals surface area contributed by atoms with Crippen molar-refractivity contribution in [2.45, 2.75) is 26.7 Å². The van der Waals surface area contributed by atoms with E-state index >= 15 is 0 Å². The van der Waals surface area contributed by atoms with Gasteiger partial charge in [-0.1, -0.05) is 19.1 Å². The molecule has 1 aliphatic rings. The van der Waals surface area contributed by atoms with E-state index in [2.05, 4.69) is 13.0 Å². The van der Waals surface area contributed by atoms with Gasteiger partial charge in [-0.05, 0) is 25.7 Å². The Bertz CT molecular complexity index is 158. The molecule has 0 heterocycles. The van der Waals surface area contributed by atoms with Crippen molar-refractivity contribution in [1.82, 2.24) is 0 Å². The Morgan fingerprint density at radius 2 is 2.30 bits per heavy atom. The van der Waals surface area contributed by atoms with Crippen LogP contribution in [0.5, 0.6) is 0 Å². The van der Waals surface area contributed by atoms with Gasteiger partial charge in [0.2, 0.25) is 0 Å². The zero-order valence-electron chi connectivity index (χ0n) is 6.63. The second-order valence-electron chi connectivity index (χ2n) is 3.22. The maximum atomic E-state index is 10.9. The molecule has 2 atom stereocenters. The molecule has 0 saturated heterocycles. The molecule has 0 N–H and O–H groups in total. The highest BCUT2D eigenvalue weighted by atomic mass is 16.1. The van der Waals surface area contributed by atoms with Gasteiger partial charge < -0.3 is 0 Å². The Morgan fingerprint density at radius 1 is 1.60 bits per heavy atom. The normalized spacial score (nSPS) is 32.2. The Kier molecular flexibility index (Phi) is 2.25. The number of ketones is 1. The Hall–Kier alpha value is -0.590. The van der Waals surface area contributed by atoms with Gasteiger partial charge in [0, 0.05) is 5.92 Å². The number of hydrogen-bond acceptors (Lipinski definition) is 1. The number of allylic oxidation sites excluding steroid dienone is 2. The van der Waals surface area contributed by atoms with Crippen LogP contribution < -0.4 is 0 Å². The van der Waals surface area contributed by atoms with E-state index in [1.165, 1.54) is 0 Å². The van der Waals surface area contributed by atoms with Crippen LogP contribution in [0, 0.1) is 11.8 Å². The average Bonchev–Trinajstić information content (AvgIpc) is 1.88. The predicted octanol–water partition coefficient (Wildman–Crippen LogP) is 2.18. The van der Waals surface area contributed by atoms with Gasteiger partial charge in [-0.2, -0.15) is 0 Å². The molecular weight excluding hydrogens is 124 g/mol. The maximum absolute atomic E-state index is 10.9. The smallest absolute Gasteiger partial charge is 0.136 e. The van der Waals surface area contributed by atoms with Gasteiger partial charge in [0.05, 0.1) is 0 Å². The molecule has 0 aliphatic heterocycles. The minimum atomic E-state index is 0.212. The molecule has 0 radical (unpaired) electrons. The molecule has 1 nitrogen and oxygen atoms in total. The summed E-state index contributed by atoms with van der Waals surface area (Å²) in [6, 6.07) is 0. The molecule has 0 aromatic carbocycles. The monoisotopic (exact) mass is 138 g/mol. The van der Waals surface area contributed by atoms with Crippen molar-refractivity contribution in [1.29, 1.82) is 0 Å². The summed E-state index contributed by atoms with van der Waals surface area (Å²) in [5, 5.41) is 0. The first-order chi connectivity index (χ1) is 4.70. The van der Waals surface area contributed by atoms with Crippen molar-refractivity contribution >= 4 is 5.78 Å². The number of carbonyl (C=O) groups is 1. The van der Waals surface area contributed by atoms with Crippen LogP contribution in [0.3, 0.4) is 0 Å². The van der Waals surface area contributed by atoms with Crippen LogP contribution in [-0.2, 0) is 4.79 Å². The van der Waals surface area contributed by atoms with Gasteiger partial charge in [0.25, 0.3) is 0 Å². The minimum Gasteiger partial charge on any atom is -0.299 e. The maximum Gasteiger partial charge on any atom is 0.136 e. The van der Waals surface area contributed by atoms with E-state index in [1.54, 1.807) is 6.92 Å². The summed E-state index contributed by atoms with van der Waals surface area (Å²) in [7, 11) is 0. The van der Waals surface area contributed by atoms with Crippen molar-refractivity contribution in [2.75, 3.05) is 0 Å². The molecule has 0 amide bonds. The zero-order valence-corrected chi connectivity index (χ0v) is 6.63. The van der Waals surface area contributed by atoms with Crippen molar-refractivity contribution in [3.05, 3.63) is 12.2 Å². The topological polar surface area (TPSA) is 17.1 Å². The summed E-state index contributed by atoms with van der Waals surface area (Å²) in [5.74, 6) is 1.21. The molecule has 0 spiro atoms. The van der Waals surface area contributed by atoms with E-state index in [9.17, 15) is 4.79 Å². The van der Waals surface area contributed by atoms with Crippen molar-refractivity contribution in [3.63, 3.8) is 0 Å². The van der Waals surface area contributed by atoms with Crippen LogP contribution >= 0.6 is 0 Å². The fourth-order valence-corrected chi connectivity index (χ4v) is 1.38. The van der Waals surface area contributed by atoms with E-state index in [0.29, 0.717) is 11.7 Å². The van der Waals surface area contributed by atoms with Crippen LogP contribution in [0.1, 0.15) is 26.7 Å². The molecular formula is C9H14O. The van der Waals surface area contributed by atoms with Gasteiger partial charge >= 0.3 is 0 Å². The Morgan fingerprint density at radius 3 is 2.70 bits per heavy atom. The van der Waals surface area contributed by atoms with Crippen molar-refractivity contribution < 1.29 is 4.79 Å². The fourth-order valence-electron chi connectivity index (χ4n) is 1.38. The highest BCUT2D eigenvalue weighted by Gasteiger charge is 2.17. The van der Waals surface area contributed by atoms with E-state index < -0.39 is 0 Å². The average molecular weight is 138 g/mol. The second-order valence-corrected chi connectivity index (χ2v) is 3.22. The van der Waals surface area contributed by atoms with Crippen molar-refractivity contribution in [2.24, 2.45) is 11.8 Å². The van der Waals surface area contributed by atoms with E-state index in [-0.39, 0.29) is 5.92 Å². The lowest BCUT2D eigenvalue weighted by molar-refractivity contribution is -0.119. The molecule has 10 heavy (non-hydrogen) atoms. The third-order valence-corrected chi connectivity index (χ3v) is 2.09.